The maximum atomic E-state index is 12.8. The van der Waals surface area contributed by atoms with E-state index in [1.165, 1.54) is 18.1 Å². The first-order chi connectivity index (χ1) is 18.1. The topological polar surface area (TPSA) is 96.6 Å². The van der Waals surface area contributed by atoms with Crippen LogP contribution in [0.5, 0.6) is 5.75 Å². The van der Waals surface area contributed by atoms with E-state index in [9.17, 15) is 9.59 Å². The maximum absolute atomic E-state index is 12.8. The van der Waals surface area contributed by atoms with E-state index in [0.717, 1.165) is 49.8 Å². The molecule has 0 aliphatic carbocycles. The molecule has 0 radical (unpaired) electrons. The number of likely N-dealkylation sites (tertiary alicyclic amines) is 1. The summed E-state index contributed by atoms with van der Waals surface area (Å²) in [6.45, 7) is 3.63. The molecular formula is C29H32N4O4. The number of hydrogen-bond acceptors (Lipinski definition) is 6. The van der Waals surface area contributed by atoms with Gasteiger partial charge in [-0.3, -0.25) is 9.78 Å². The molecule has 0 saturated carbocycles. The Morgan fingerprint density at radius 3 is 2.73 bits per heavy atom. The van der Waals surface area contributed by atoms with Crippen LogP contribution in [0.4, 0.5) is 0 Å². The number of aromatic amines is 1. The number of amides is 1. The Bertz CT molecular complexity index is 1420. The number of benzene rings is 2. The number of piperidine rings is 1. The molecule has 8 nitrogen and oxygen atoms in total. The average Bonchev–Trinajstić information content (AvgIpc) is 3.37. The van der Waals surface area contributed by atoms with Crippen molar-refractivity contribution in [1.29, 1.82) is 0 Å². The lowest BCUT2D eigenvalue weighted by molar-refractivity contribution is 0.0600. The van der Waals surface area contributed by atoms with Crippen LogP contribution in [0.2, 0.25) is 0 Å². The number of carbonyl (C=O) groups excluding carboxylic acids is 2. The Hall–Kier alpha value is -3.91. The number of nitrogens with zero attached hydrogens (tertiary/aromatic N) is 2. The Kier molecular flexibility index (Phi) is 7.37. The summed E-state index contributed by atoms with van der Waals surface area (Å²) in [5, 5.41) is 5.03. The number of nitrogens with one attached hydrogen (secondary N) is 2. The van der Waals surface area contributed by atoms with E-state index in [-0.39, 0.29) is 11.9 Å². The highest BCUT2D eigenvalue weighted by Gasteiger charge is 2.23. The summed E-state index contributed by atoms with van der Waals surface area (Å²) >= 11 is 0. The van der Waals surface area contributed by atoms with Gasteiger partial charge in [-0.05, 0) is 74.6 Å². The first kappa shape index (κ1) is 24.8. The number of carbonyl (C=O) groups is 2. The van der Waals surface area contributed by atoms with Crippen LogP contribution in [0, 0.1) is 0 Å². The van der Waals surface area contributed by atoms with Crippen LogP contribution in [0.25, 0.3) is 21.8 Å². The van der Waals surface area contributed by atoms with Crippen molar-refractivity contribution < 1.29 is 19.1 Å². The van der Waals surface area contributed by atoms with Gasteiger partial charge in [0, 0.05) is 35.2 Å². The zero-order chi connectivity index (χ0) is 25.8. The summed E-state index contributed by atoms with van der Waals surface area (Å²) < 4.78 is 10.2. The summed E-state index contributed by atoms with van der Waals surface area (Å²) in [6, 6.07) is 13.1. The molecule has 1 aliphatic heterocycles. The fourth-order valence-corrected chi connectivity index (χ4v) is 5.31. The summed E-state index contributed by atoms with van der Waals surface area (Å²) in [7, 11) is 3.00. The van der Waals surface area contributed by atoms with Gasteiger partial charge >= 0.3 is 5.97 Å². The number of rotatable bonds is 8. The van der Waals surface area contributed by atoms with Crippen molar-refractivity contribution in [3.63, 3.8) is 0 Å². The van der Waals surface area contributed by atoms with Gasteiger partial charge in [0.1, 0.15) is 11.3 Å². The second-order valence-electron chi connectivity index (χ2n) is 9.44. The van der Waals surface area contributed by atoms with Gasteiger partial charge in [-0.2, -0.15) is 0 Å². The molecular weight excluding hydrogens is 468 g/mol. The first-order valence-electron chi connectivity index (χ1n) is 12.7. The molecule has 2 aromatic heterocycles. The molecule has 4 aromatic rings. The van der Waals surface area contributed by atoms with Gasteiger partial charge in [0.15, 0.2) is 0 Å². The molecule has 192 valence electrons. The van der Waals surface area contributed by atoms with E-state index in [2.05, 4.69) is 26.4 Å². The van der Waals surface area contributed by atoms with Crippen molar-refractivity contribution in [2.24, 2.45) is 0 Å². The molecule has 1 saturated heterocycles. The van der Waals surface area contributed by atoms with Crippen molar-refractivity contribution in [2.75, 3.05) is 40.4 Å². The molecule has 0 atom stereocenters. The lowest BCUT2D eigenvalue weighted by Crippen LogP contribution is -2.35. The van der Waals surface area contributed by atoms with Gasteiger partial charge in [-0.15, -0.1) is 0 Å². The quantitative estimate of drug-likeness (QED) is 0.273. The summed E-state index contributed by atoms with van der Waals surface area (Å²) in [6.07, 6.45) is 6.80. The van der Waals surface area contributed by atoms with Crippen LogP contribution in [0.3, 0.4) is 0 Å². The first-order valence-corrected chi connectivity index (χ1v) is 12.7. The number of H-pyrrole nitrogens is 1. The normalized spacial score (nSPS) is 14.6. The van der Waals surface area contributed by atoms with E-state index in [4.69, 9.17) is 9.47 Å². The number of pyridine rings is 1. The van der Waals surface area contributed by atoms with Gasteiger partial charge in [0.05, 0.1) is 25.3 Å². The predicted molar refractivity (Wildman–Crippen MR) is 143 cm³/mol. The minimum Gasteiger partial charge on any atom is -0.494 e. The average molecular weight is 501 g/mol. The molecule has 1 amide bonds. The fraction of sp³-hybridized carbons (Fsp3) is 0.345. The van der Waals surface area contributed by atoms with Crippen molar-refractivity contribution in [3.8, 4) is 5.75 Å². The number of ether oxygens (including phenoxy) is 2. The van der Waals surface area contributed by atoms with E-state index in [1.54, 1.807) is 19.4 Å². The number of esters is 1. The largest absolute Gasteiger partial charge is 0.494 e. The van der Waals surface area contributed by atoms with E-state index >= 15 is 0 Å². The van der Waals surface area contributed by atoms with Crippen molar-refractivity contribution in [3.05, 3.63) is 71.5 Å². The highest BCUT2D eigenvalue weighted by atomic mass is 16.5. The maximum Gasteiger partial charge on any atom is 0.337 e. The van der Waals surface area contributed by atoms with Gasteiger partial charge in [-0.25, -0.2) is 4.79 Å². The molecule has 0 unspecified atom stereocenters. The van der Waals surface area contributed by atoms with E-state index in [0.29, 0.717) is 34.9 Å². The van der Waals surface area contributed by atoms with Crippen LogP contribution < -0.4 is 10.1 Å². The molecule has 2 aromatic carbocycles. The SMILES string of the molecule is COC(=O)c1ccc2c(C3CCN(CCCNC(=O)c4ccnc5c(OC)cccc45)CC3)c[nH]c2c1. The molecule has 37 heavy (non-hydrogen) atoms. The minimum absolute atomic E-state index is 0.0888. The third-order valence-electron chi connectivity index (χ3n) is 7.30. The number of hydrogen-bond donors (Lipinski definition) is 2. The Morgan fingerprint density at radius 1 is 1.11 bits per heavy atom. The van der Waals surface area contributed by atoms with Crippen LogP contribution in [0.15, 0.2) is 54.9 Å². The molecule has 1 fully saturated rings. The fourth-order valence-electron chi connectivity index (χ4n) is 5.31. The lowest BCUT2D eigenvalue weighted by Gasteiger charge is -2.32. The Labute approximate surface area is 216 Å². The standard InChI is InChI=1S/C29H32N4O4/c1-36-26-6-3-5-22-23(9-13-30-27(22)26)28(34)31-12-4-14-33-15-10-19(11-16-33)24-18-32-25-17-20(29(35)37-2)7-8-21(24)25/h3,5-9,13,17-19,32H,4,10-12,14-16H2,1-2H3,(H,31,34). The number of para-hydroxylation sites is 1. The Balaban J connectivity index is 1.11. The minimum atomic E-state index is -0.322. The zero-order valence-corrected chi connectivity index (χ0v) is 21.3. The monoisotopic (exact) mass is 500 g/mol. The van der Waals surface area contributed by atoms with Crippen LogP contribution >= 0.6 is 0 Å². The predicted octanol–water partition coefficient (Wildman–Crippen LogP) is 4.51. The molecule has 8 heteroatoms. The number of aromatic nitrogens is 2. The molecule has 0 bridgehead atoms. The van der Waals surface area contributed by atoms with Crippen molar-refractivity contribution in [1.82, 2.24) is 20.2 Å². The highest BCUT2D eigenvalue weighted by Crippen LogP contribution is 2.33. The second-order valence-corrected chi connectivity index (χ2v) is 9.44. The summed E-state index contributed by atoms with van der Waals surface area (Å²) in [5.74, 6) is 0.741. The van der Waals surface area contributed by atoms with Crippen LogP contribution in [-0.2, 0) is 4.74 Å². The van der Waals surface area contributed by atoms with E-state index in [1.807, 2.05) is 36.4 Å². The van der Waals surface area contributed by atoms with Gasteiger partial charge in [-0.1, -0.05) is 18.2 Å². The Morgan fingerprint density at radius 2 is 1.95 bits per heavy atom. The third-order valence-corrected chi connectivity index (χ3v) is 7.30. The van der Waals surface area contributed by atoms with Crippen molar-refractivity contribution in [2.45, 2.75) is 25.2 Å². The molecule has 0 spiro atoms. The number of methoxy groups -OCH3 is 2. The molecule has 3 heterocycles. The van der Waals surface area contributed by atoms with Crippen molar-refractivity contribution >= 4 is 33.7 Å². The van der Waals surface area contributed by atoms with Gasteiger partial charge in [0.25, 0.3) is 5.91 Å². The summed E-state index contributed by atoms with van der Waals surface area (Å²) in [4.78, 5) is 34.8. The van der Waals surface area contributed by atoms with Gasteiger partial charge in [0.2, 0.25) is 0 Å². The van der Waals surface area contributed by atoms with Crippen LogP contribution in [0.1, 0.15) is 51.5 Å². The molecule has 1 aliphatic rings. The highest BCUT2D eigenvalue weighted by molar-refractivity contribution is 6.07. The smallest absolute Gasteiger partial charge is 0.337 e. The van der Waals surface area contributed by atoms with Crippen LogP contribution in [-0.4, -0.2) is 67.1 Å². The number of fused-ring (bicyclic) bond motifs is 2. The molecule has 5 rings (SSSR count). The molecule has 2 N–H and O–H groups in total. The third kappa shape index (κ3) is 5.15. The van der Waals surface area contributed by atoms with E-state index < -0.39 is 0 Å². The zero-order valence-electron chi connectivity index (χ0n) is 21.3. The lowest BCUT2D eigenvalue weighted by atomic mass is 9.89. The second kappa shape index (κ2) is 11.0. The van der Waals surface area contributed by atoms with Gasteiger partial charge < -0.3 is 24.7 Å². The summed E-state index contributed by atoms with van der Waals surface area (Å²) in [5.41, 5.74) is 4.15.